The van der Waals surface area contributed by atoms with Gasteiger partial charge in [-0.1, -0.05) is 23.4 Å². The average Bonchev–Trinajstić information content (AvgIpc) is 3.23. The third kappa shape index (κ3) is 6.19. The van der Waals surface area contributed by atoms with Crippen molar-refractivity contribution in [2.24, 2.45) is 16.6 Å². The number of para-hydroxylation sites is 1. The zero-order valence-electron chi connectivity index (χ0n) is 21.4. The van der Waals surface area contributed by atoms with Crippen molar-refractivity contribution in [3.05, 3.63) is 82.5 Å². The van der Waals surface area contributed by atoms with Gasteiger partial charge in [0, 0.05) is 23.1 Å². The number of hydrogen-bond acceptors (Lipinski definition) is 6. The minimum absolute atomic E-state index is 0.0543. The number of aryl methyl sites for hydroxylation is 2. The van der Waals surface area contributed by atoms with Gasteiger partial charge < -0.3 is 20.9 Å². The van der Waals surface area contributed by atoms with E-state index < -0.39 is 60.6 Å². The van der Waals surface area contributed by atoms with Gasteiger partial charge in [-0.3, -0.25) is 14.4 Å². The number of fused-ring (bicyclic) bond motifs is 1. The molecule has 0 saturated carbocycles. The number of rotatable bonds is 8. The second-order valence-corrected chi connectivity index (χ2v) is 9.38. The van der Waals surface area contributed by atoms with E-state index >= 15 is 0 Å². The van der Waals surface area contributed by atoms with Gasteiger partial charge >= 0.3 is 6.18 Å². The minimum atomic E-state index is -4.64. The summed E-state index contributed by atoms with van der Waals surface area (Å²) in [6.07, 6.45) is -7.41. The van der Waals surface area contributed by atoms with E-state index in [1.165, 1.54) is 31.2 Å². The van der Waals surface area contributed by atoms with Crippen molar-refractivity contribution in [2.45, 2.75) is 44.9 Å². The number of aromatic nitrogens is 1. The number of halogens is 4. The Morgan fingerprint density at radius 3 is 2.45 bits per heavy atom. The zero-order chi connectivity index (χ0) is 29.2. The molecule has 9 nitrogen and oxygen atoms in total. The van der Waals surface area contributed by atoms with E-state index in [2.05, 4.69) is 20.8 Å². The van der Waals surface area contributed by atoms with Crippen LogP contribution in [0.2, 0.25) is 0 Å². The molecule has 3 amide bonds. The van der Waals surface area contributed by atoms with Crippen molar-refractivity contribution in [1.82, 2.24) is 10.5 Å². The number of primary amides is 1. The zero-order valence-corrected chi connectivity index (χ0v) is 21.4. The molecular formula is C27H25F4N5O4. The van der Waals surface area contributed by atoms with E-state index in [1.807, 2.05) is 0 Å². The lowest BCUT2D eigenvalue weighted by atomic mass is 9.82. The predicted molar refractivity (Wildman–Crippen MR) is 136 cm³/mol. The second-order valence-electron chi connectivity index (χ2n) is 9.38. The van der Waals surface area contributed by atoms with Crippen molar-refractivity contribution in [3.8, 4) is 0 Å². The van der Waals surface area contributed by atoms with Crippen molar-refractivity contribution < 1.29 is 36.5 Å². The van der Waals surface area contributed by atoms with Crippen LogP contribution in [0, 0.1) is 25.6 Å². The average molecular weight is 560 g/mol. The van der Waals surface area contributed by atoms with Crippen LogP contribution in [0.4, 0.5) is 23.2 Å². The smallest absolute Gasteiger partial charge is 0.369 e. The molecule has 3 aromatic rings. The molecule has 210 valence electrons. The van der Waals surface area contributed by atoms with Crippen molar-refractivity contribution in [3.63, 3.8) is 0 Å². The molecule has 0 fully saturated rings. The molecule has 4 rings (SSSR count). The molecule has 1 aliphatic rings. The number of nitrogens with two attached hydrogens (primary N) is 1. The summed E-state index contributed by atoms with van der Waals surface area (Å²) in [6.45, 7) is 3.19. The molecule has 0 radical (unpaired) electrons. The number of amides is 3. The fourth-order valence-corrected chi connectivity index (χ4v) is 4.59. The Hall–Kier alpha value is -4.55. The number of benzodiazepines with no additional fused rings is 1. The summed E-state index contributed by atoms with van der Waals surface area (Å²) < 4.78 is 58.1. The number of benzene rings is 2. The van der Waals surface area contributed by atoms with Gasteiger partial charge in [0.1, 0.15) is 12.1 Å². The van der Waals surface area contributed by atoms with Crippen LogP contribution in [0.3, 0.4) is 0 Å². The van der Waals surface area contributed by atoms with Crippen LogP contribution in [-0.2, 0) is 14.4 Å². The number of nitrogens with zero attached hydrogens (tertiary/aromatic N) is 2. The van der Waals surface area contributed by atoms with Crippen LogP contribution in [0.15, 0.2) is 58.2 Å². The summed E-state index contributed by atoms with van der Waals surface area (Å²) in [7, 11) is 0. The molecule has 0 saturated heterocycles. The maximum Gasteiger partial charge on any atom is 0.389 e. The minimum Gasteiger partial charge on any atom is -0.369 e. The molecule has 1 aliphatic heterocycles. The van der Waals surface area contributed by atoms with Crippen molar-refractivity contribution in [1.29, 1.82) is 0 Å². The first kappa shape index (κ1) is 28.5. The third-order valence-corrected chi connectivity index (χ3v) is 6.59. The van der Waals surface area contributed by atoms with Crippen LogP contribution in [0.5, 0.6) is 0 Å². The molecular weight excluding hydrogens is 534 g/mol. The van der Waals surface area contributed by atoms with Gasteiger partial charge in [0.25, 0.3) is 5.91 Å². The standard InChI is InChI=1S/C27H25F4N5O4/c1-13-4-3-5-18-21(13)34-26(39)24(33-22(18)15-6-8-16(28)9-7-15)35-25(38)17(10-11-27(29,30)31)20(23(32)37)19-12-40-36-14(19)2/h3-9,12,17,20,24H,10-11H2,1-2H3,(H2,32,37)(H,34,39)(H,35,38). The Balaban J connectivity index is 1.75. The monoisotopic (exact) mass is 559 g/mol. The van der Waals surface area contributed by atoms with Crippen LogP contribution < -0.4 is 16.4 Å². The summed E-state index contributed by atoms with van der Waals surface area (Å²) >= 11 is 0. The fourth-order valence-electron chi connectivity index (χ4n) is 4.59. The van der Waals surface area contributed by atoms with E-state index in [9.17, 15) is 31.9 Å². The molecule has 0 aliphatic carbocycles. The second kappa shape index (κ2) is 11.3. The summed E-state index contributed by atoms with van der Waals surface area (Å²) in [5.41, 5.74) is 7.98. The fraction of sp³-hybridized carbons (Fsp3) is 0.296. The van der Waals surface area contributed by atoms with Crippen molar-refractivity contribution >= 4 is 29.1 Å². The van der Waals surface area contributed by atoms with Gasteiger partial charge in [0.2, 0.25) is 18.0 Å². The Labute approximate surface area is 225 Å². The summed E-state index contributed by atoms with van der Waals surface area (Å²) in [4.78, 5) is 43.6. The maximum atomic E-state index is 13.6. The Bertz CT molecular complexity index is 1470. The molecule has 4 N–H and O–H groups in total. The lowest BCUT2D eigenvalue weighted by Gasteiger charge is -2.25. The number of aliphatic imine (C=N–C) groups is 1. The first-order valence-electron chi connectivity index (χ1n) is 12.2. The summed E-state index contributed by atoms with van der Waals surface area (Å²) in [5, 5.41) is 8.73. The lowest BCUT2D eigenvalue weighted by Crippen LogP contribution is -2.47. The maximum absolute atomic E-state index is 13.6. The third-order valence-electron chi connectivity index (χ3n) is 6.59. The van der Waals surface area contributed by atoms with Crippen LogP contribution in [0.25, 0.3) is 0 Å². The van der Waals surface area contributed by atoms with Gasteiger partial charge in [-0.25, -0.2) is 9.38 Å². The van der Waals surface area contributed by atoms with Gasteiger partial charge in [0.05, 0.1) is 28.9 Å². The topological polar surface area (TPSA) is 140 Å². The van der Waals surface area contributed by atoms with E-state index in [1.54, 1.807) is 25.1 Å². The number of carbonyl (C=O) groups excluding carboxylic acids is 3. The van der Waals surface area contributed by atoms with Gasteiger partial charge in [-0.2, -0.15) is 13.2 Å². The molecule has 3 unspecified atom stereocenters. The van der Waals surface area contributed by atoms with Crippen LogP contribution in [0.1, 0.15) is 46.7 Å². The van der Waals surface area contributed by atoms with Gasteiger partial charge in [0.15, 0.2) is 0 Å². The first-order valence-corrected chi connectivity index (χ1v) is 12.2. The highest BCUT2D eigenvalue weighted by Crippen LogP contribution is 2.34. The highest BCUT2D eigenvalue weighted by Gasteiger charge is 2.40. The largest absolute Gasteiger partial charge is 0.389 e. The highest BCUT2D eigenvalue weighted by molar-refractivity contribution is 6.20. The van der Waals surface area contributed by atoms with E-state index in [0.717, 1.165) is 6.26 Å². The highest BCUT2D eigenvalue weighted by atomic mass is 19.4. The predicted octanol–water partition coefficient (Wildman–Crippen LogP) is 3.89. The molecule has 3 atom stereocenters. The van der Waals surface area contributed by atoms with Crippen molar-refractivity contribution in [2.75, 3.05) is 5.32 Å². The number of nitrogens with one attached hydrogen (secondary N) is 2. The van der Waals surface area contributed by atoms with E-state index in [4.69, 9.17) is 10.3 Å². The number of alkyl halides is 3. The quantitative estimate of drug-likeness (QED) is 0.360. The van der Waals surface area contributed by atoms with Gasteiger partial charge in [-0.15, -0.1) is 0 Å². The van der Waals surface area contributed by atoms with E-state index in [-0.39, 0.29) is 17.0 Å². The van der Waals surface area contributed by atoms with E-state index in [0.29, 0.717) is 22.4 Å². The molecule has 0 bridgehead atoms. The SMILES string of the molecule is Cc1cccc2c1NC(=O)C(NC(=O)C(CCC(F)(F)F)C(C(N)=O)c1conc1C)N=C2c1ccc(F)cc1. The number of hydrogen-bond donors (Lipinski definition) is 3. The number of anilines is 1. The summed E-state index contributed by atoms with van der Waals surface area (Å²) in [6, 6.07) is 10.4. The Morgan fingerprint density at radius 1 is 1.15 bits per heavy atom. The molecule has 2 heterocycles. The Kier molecular flexibility index (Phi) is 8.03. The molecule has 1 aromatic heterocycles. The van der Waals surface area contributed by atoms with Crippen LogP contribution in [-0.4, -0.2) is 40.9 Å². The molecule has 13 heteroatoms. The molecule has 0 spiro atoms. The number of carbonyl (C=O) groups is 3. The lowest BCUT2D eigenvalue weighted by molar-refractivity contribution is -0.144. The first-order chi connectivity index (χ1) is 18.9. The Morgan fingerprint density at radius 2 is 1.85 bits per heavy atom. The summed E-state index contributed by atoms with van der Waals surface area (Å²) in [5.74, 6) is -6.57. The molecule has 40 heavy (non-hydrogen) atoms. The van der Waals surface area contributed by atoms with Crippen LogP contribution >= 0.6 is 0 Å². The normalized spacial score (nSPS) is 16.7. The van der Waals surface area contributed by atoms with Gasteiger partial charge in [-0.05, 0) is 50.1 Å². The molecule has 2 aromatic carbocycles.